The molecule has 0 spiro atoms. The fraction of sp³-hybridized carbons (Fsp3) is 0.619. The van der Waals surface area contributed by atoms with E-state index in [9.17, 15) is 9.59 Å². The van der Waals surface area contributed by atoms with Gasteiger partial charge in [0.15, 0.2) is 0 Å². The summed E-state index contributed by atoms with van der Waals surface area (Å²) in [5.74, 6) is -0.913. The van der Waals surface area contributed by atoms with Crippen LogP contribution in [-0.2, 0) is 10.2 Å². The van der Waals surface area contributed by atoms with Gasteiger partial charge in [0.05, 0.1) is 0 Å². The maximum Gasteiger partial charge on any atom is 0.292 e. The predicted octanol–water partition coefficient (Wildman–Crippen LogP) is 3.55. The molecular formula is C21H32N2O2. The number of ketones is 1. The molecule has 0 aromatic heterocycles. The number of rotatable bonds is 6. The van der Waals surface area contributed by atoms with Crippen LogP contribution in [0.2, 0.25) is 0 Å². The highest BCUT2D eigenvalue weighted by atomic mass is 16.2. The number of carbonyl (C=O) groups excluding carboxylic acids is 2. The molecular weight excluding hydrogens is 312 g/mol. The minimum absolute atomic E-state index is 0.0373. The van der Waals surface area contributed by atoms with E-state index in [0.717, 1.165) is 38.0 Å². The zero-order valence-electron chi connectivity index (χ0n) is 16.1. The Bertz CT molecular complexity index is 579. The van der Waals surface area contributed by atoms with Crippen LogP contribution in [0.15, 0.2) is 24.3 Å². The highest BCUT2D eigenvalue weighted by Gasteiger charge is 2.24. The molecule has 1 saturated heterocycles. The van der Waals surface area contributed by atoms with Crippen molar-refractivity contribution in [3.63, 3.8) is 0 Å². The van der Waals surface area contributed by atoms with E-state index in [1.807, 2.05) is 12.1 Å². The number of Topliss-reactive ketones (excluding diaryl/α,β-unsaturated/α-hetero) is 1. The van der Waals surface area contributed by atoms with Crippen molar-refractivity contribution in [2.45, 2.75) is 64.8 Å². The zero-order chi connectivity index (χ0) is 18.4. The van der Waals surface area contributed by atoms with E-state index in [1.54, 1.807) is 12.1 Å². The molecule has 1 N–H and O–H groups in total. The molecule has 1 aromatic carbocycles. The van der Waals surface area contributed by atoms with Gasteiger partial charge in [-0.2, -0.15) is 0 Å². The summed E-state index contributed by atoms with van der Waals surface area (Å²) in [6, 6.07) is 7.51. The largest absolute Gasteiger partial charge is 0.346 e. The Balaban J connectivity index is 1.86. The lowest BCUT2D eigenvalue weighted by Crippen LogP contribution is -2.46. The molecule has 2 rings (SSSR count). The van der Waals surface area contributed by atoms with E-state index in [4.69, 9.17) is 0 Å². The molecule has 1 aliphatic rings. The molecule has 1 aliphatic heterocycles. The highest BCUT2D eigenvalue weighted by Crippen LogP contribution is 2.22. The van der Waals surface area contributed by atoms with Gasteiger partial charge in [-0.05, 0) is 36.8 Å². The van der Waals surface area contributed by atoms with Crippen molar-refractivity contribution < 1.29 is 9.59 Å². The third kappa shape index (κ3) is 5.67. The number of nitrogens with zero attached hydrogens (tertiary/aromatic N) is 1. The first-order valence-electron chi connectivity index (χ1n) is 9.49. The van der Waals surface area contributed by atoms with E-state index in [-0.39, 0.29) is 11.5 Å². The molecule has 1 heterocycles. The van der Waals surface area contributed by atoms with E-state index in [2.05, 4.69) is 37.9 Å². The van der Waals surface area contributed by atoms with Gasteiger partial charge < -0.3 is 10.2 Å². The average Bonchev–Trinajstić information content (AvgIpc) is 2.60. The van der Waals surface area contributed by atoms with Crippen molar-refractivity contribution in [1.29, 1.82) is 0 Å². The van der Waals surface area contributed by atoms with Crippen molar-refractivity contribution in [2.24, 2.45) is 0 Å². The van der Waals surface area contributed by atoms with Gasteiger partial charge in [-0.3, -0.25) is 9.59 Å². The molecule has 0 bridgehead atoms. The molecule has 138 valence electrons. The van der Waals surface area contributed by atoms with Crippen molar-refractivity contribution in [3.05, 3.63) is 35.4 Å². The fourth-order valence-electron chi connectivity index (χ4n) is 3.19. The summed E-state index contributed by atoms with van der Waals surface area (Å²) in [6.45, 7) is 11.7. The molecule has 1 aromatic rings. The molecule has 4 heteroatoms. The van der Waals surface area contributed by atoms with Crippen molar-refractivity contribution >= 4 is 11.7 Å². The van der Waals surface area contributed by atoms with Gasteiger partial charge >= 0.3 is 0 Å². The van der Waals surface area contributed by atoms with E-state index >= 15 is 0 Å². The molecule has 25 heavy (non-hydrogen) atoms. The van der Waals surface area contributed by atoms with Crippen LogP contribution in [0.25, 0.3) is 0 Å². The molecule has 0 aliphatic carbocycles. The lowest BCUT2D eigenvalue weighted by atomic mass is 9.86. The number of amides is 1. The Kier molecular flexibility index (Phi) is 6.77. The summed E-state index contributed by atoms with van der Waals surface area (Å²) in [4.78, 5) is 27.1. The SMILES string of the molecule is CCCCN1CCC(NC(=O)C(=O)c2ccc(C(C)(C)C)cc2)CC1. The predicted molar refractivity (Wildman–Crippen MR) is 102 cm³/mol. The molecule has 1 amide bonds. The Morgan fingerprint density at radius 2 is 1.72 bits per heavy atom. The summed E-state index contributed by atoms with van der Waals surface area (Å²) < 4.78 is 0. The lowest BCUT2D eigenvalue weighted by molar-refractivity contribution is -0.118. The second kappa shape index (κ2) is 8.61. The summed E-state index contributed by atoms with van der Waals surface area (Å²) in [6.07, 6.45) is 4.27. The molecule has 0 saturated carbocycles. The van der Waals surface area contributed by atoms with Crippen LogP contribution < -0.4 is 5.32 Å². The van der Waals surface area contributed by atoms with Gasteiger partial charge in [0, 0.05) is 24.7 Å². The Morgan fingerprint density at radius 3 is 2.24 bits per heavy atom. The van der Waals surface area contributed by atoms with Gasteiger partial charge in [-0.25, -0.2) is 0 Å². The maximum atomic E-state index is 12.4. The quantitative estimate of drug-likeness (QED) is 0.634. The number of benzene rings is 1. The Labute approximate surface area is 152 Å². The van der Waals surface area contributed by atoms with E-state index < -0.39 is 11.7 Å². The first-order valence-corrected chi connectivity index (χ1v) is 9.49. The first kappa shape index (κ1) is 19.6. The van der Waals surface area contributed by atoms with Crippen molar-refractivity contribution in [3.8, 4) is 0 Å². The standard InChI is InChI=1S/C21H32N2O2/c1-5-6-13-23-14-11-18(12-15-23)22-20(25)19(24)16-7-9-17(10-8-16)21(2,3)4/h7-10,18H,5-6,11-15H2,1-4H3,(H,22,25). The van der Waals surface area contributed by atoms with Crippen LogP contribution in [0.3, 0.4) is 0 Å². The normalized spacial score (nSPS) is 16.6. The Morgan fingerprint density at radius 1 is 1.12 bits per heavy atom. The minimum atomic E-state index is -0.476. The number of nitrogens with one attached hydrogen (secondary N) is 1. The van der Waals surface area contributed by atoms with Crippen LogP contribution in [0, 0.1) is 0 Å². The average molecular weight is 344 g/mol. The van der Waals surface area contributed by atoms with E-state index in [0.29, 0.717) is 5.56 Å². The van der Waals surface area contributed by atoms with Gasteiger partial charge in [-0.15, -0.1) is 0 Å². The Hall–Kier alpha value is -1.68. The third-order valence-corrected chi connectivity index (χ3v) is 4.97. The van der Waals surface area contributed by atoms with Crippen molar-refractivity contribution in [1.82, 2.24) is 10.2 Å². The van der Waals surface area contributed by atoms with Crippen molar-refractivity contribution in [2.75, 3.05) is 19.6 Å². The van der Waals surface area contributed by atoms with Gasteiger partial charge in [-0.1, -0.05) is 58.4 Å². The molecule has 4 nitrogen and oxygen atoms in total. The molecule has 0 radical (unpaired) electrons. The highest BCUT2D eigenvalue weighted by molar-refractivity contribution is 6.42. The van der Waals surface area contributed by atoms with Crippen LogP contribution in [0.1, 0.15) is 69.3 Å². The number of hydrogen-bond donors (Lipinski definition) is 1. The lowest BCUT2D eigenvalue weighted by Gasteiger charge is -2.32. The molecule has 0 atom stereocenters. The van der Waals surface area contributed by atoms with Crippen LogP contribution >= 0.6 is 0 Å². The number of hydrogen-bond acceptors (Lipinski definition) is 3. The topological polar surface area (TPSA) is 49.4 Å². The van der Waals surface area contributed by atoms with Gasteiger partial charge in [0.25, 0.3) is 5.91 Å². The fourth-order valence-corrected chi connectivity index (χ4v) is 3.19. The number of piperidine rings is 1. The monoisotopic (exact) mass is 344 g/mol. The van der Waals surface area contributed by atoms with Gasteiger partial charge in [0.2, 0.25) is 5.78 Å². The number of unbranched alkanes of at least 4 members (excludes halogenated alkanes) is 1. The molecule has 0 unspecified atom stereocenters. The second-order valence-electron chi connectivity index (χ2n) is 8.10. The minimum Gasteiger partial charge on any atom is -0.346 e. The zero-order valence-corrected chi connectivity index (χ0v) is 16.1. The van der Waals surface area contributed by atoms with Gasteiger partial charge in [0.1, 0.15) is 0 Å². The second-order valence-corrected chi connectivity index (χ2v) is 8.10. The molecule has 1 fully saturated rings. The first-order chi connectivity index (χ1) is 11.8. The smallest absolute Gasteiger partial charge is 0.292 e. The maximum absolute atomic E-state index is 12.4. The number of carbonyl (C=O) groups is 2. The van der Waals surface area contributed by atoms with Crippen LogP contribution in [0.5, 0.6) is 0 Å². The summed E-state index contributed by atoms with van der Waals surface area (Å²) in [7, 11) is 0. The van der Waals surface area contributed by atoms with E-state index in [1.165, 1.54) is 12.8 Å². The third-order valence-electron chi connectivity index (χ3n) is 4.97. The van der Waals surface area contributed by atoms with Crippen LogP contribution in [0.4, 0.5) is 0 Å². The summed E-state index contributed by atoms with van der Waals surface area (Å²) in [5, 5.41) is 2.92. The number of likely N-dealkylation sites (tertiary alicyclic amines) is 1. The van der Waals surface area contributed by atoms with Crippen LogP contribution in [-0.4, -0.2) is 42.3 Å². The summed E-state index contributed by atoms with van der Waals surface area (Å²) >= 11 is 0. The summed E-state index contributed by atoms with van der Waals surface area (Å²) in [5.41, 5.74) is 1.66.